The smallest absolute Gasteiger partial charge is 0.196 e. The summed E-state index contributed by atoms with van der Waals surface area (Å²) < 4.78 is 1.10. The molecule has 0 aliphatic carbocycles. The summed E-state index contributed by atoms with van der Waals surface area (Å²) in [5.74, 6) is 0.972. The van der Waals surface area contributed by atoms with Crippen molar-refractivity contribution in [2.45, 2.75) is 11.8 Å². The molecule has 1 nitrogen and oxygen atoms in total. The monoisotopic (exact) mass is 358 g/mol. The van der Waals surface area contributed by atoms with Gasteiger partial charge in [-0.3, -0.25) is 4.79 Å². The van der Waals surface area contributed by atoms with Crippen LogP contribution in [-0.4, -0.2) is 11.5 Å². The van der Waals surface area contributed by atoms with E-state index in [0.717, 1.165) is 24.2 Å². The molecular weight excluding hydrogens is 348 g/mol. The van der Waals surface area contributed by atoms with E-state index >= 15 is 0 Å². The molecule has 18 heavy (non-hydrogen) atoms. The first-order chi connectivity index (χ1) is 8.65. The van der Waals surface area contributed by atoms with Crippen LogP contribution in [0.3, 0.4) is 0 Å². The lowest BCUT2D eigenvalue weighted by Crippen LogP contribution is -1.90. The topological polar surface area (TPSA) is 17.1 Å². The SMILES string of the molecule is C=CC(=O)c1sc(-c2ccc(Br)s2)cc1SCC. The number of halogens is 1. The average molecular weight is 359 g/mol. The van der Waals surface area contributed by atoms with E-state index in [2.05, 4.69) is 41.6 Å². The lowest BCUT2D eigenvalue weighted by atomic mass is 10.3. The van der Waals surface area contributed by atoms with Crippen molar-refractivity contribution in [1.29, 1.82) is 0 Å². The molecule has 0 aromatic carbocycles. The summed E-state index contributed by atoms with van der Waals surface area (Å²) in [5.41, 5.74) is 0. The fourth-order valence-electron chi connectivity index (χ4n) is 1.47. The second kappa shape index (κ2) is 6.19. The molecule has 2 aromatic rings. The number of thiophene rings is 2. The van der Waals surface area contributed by atoms with E-state index < -0.39 is 0 Å². The van der Waals surface area contributed by atoms with Crippen LogP contribution in [0.5, 0.6) is 0 Å². The maximum Gasteiger partial charge on any atom is 0.196 e. The van der Waals surface area contributed by atoms with Gasteiger partial charge in [0.1, 0.15) is 0 Å². The molecule has 0 spiro atoms. The highest BCUT2D eigenvalue weighted by molar-refractivity contribution is 9.11. The Balaban J connectivity index is 2.44. The molecule has 0 unspecified atom stereocenters. The van der Waals surface area contributed by atoms with Gasteiger partial charge in [0.15, 0.2) is 5.78 Å². The van der Waals surface area contributed by atoms with Crippen LogP contribution in [0, 0.1) is 0 Å². The van der Waals surface area contributed by atoms with E-state index in [4.69, 9.17) is 0 Å². The summed E-state index contributed by atoms with van der Waals surface area (Å²) in [7, 11) is 0. The van der Waals surface area contributed by atoms with Crippen molar-refractivity contribution in [3.05, 3.63) is 39.5 Å². The Morgan fingerprint density at radius 2 is 2.22 bits per heavy atom. The molecule has 2 rings (SSSR count). The lowest BCUT2D eigenvalue weighted by molar-refractivity contribution is 0.104. The van der Waals surface area contributed by atoms with Gasteiger partial charge in [-0.15, -0.1) is 34.4 Å². The van der Waals surface area contributed by atoms with E-state index in [1.54, 1.807) is 34.4 Å². The fourth-order valence-corrected chi connectivity index (χ4v) is 5.05. The van der Waals surface area contributed by atoms with Gasteiger partial charge in [-0.25, -0.2) is 0 Å². The van der Waals surface area contributed by atoms with E-state index in [1.165, 1.54) is 11.0 Å². The zero-order valence-corrected chi connectivity index (χ0v) is 13.8. The molecule has 0 aliphatic rings. The highest BCUT2D eigenvalue weighted by Crippen LogP contribution is 2.40. The molecule has 5 heteroatoms. The van der Waals surface area contributed by atoms with Crippen molar-refractivity contribution < 1.29 is 4.79 Å². The van der Waals surface area contributed by atoms with Crippen molar-refractivity contribution in [3.63, 3.8) is 0 Å². The van der Waals surface area contributed by atoms with Gasteiger partial charge < -0.3 is 0 Å². The second-order valence-corrected chi connectivity index (χ2v) is 8.23. The second-order valence-electron chi connectivity index (χ2n) is 3.41. The Hall–Kier alpha value is -0.360. The highest BCUT2D eigenvalue weighted by Gasteiger charge is 2.15. The normalized spacial score (nSPS) is 10.6. The average Bonchev–Trinajstić information content (AvgIpc) is 2.95. The Bertz CT molecular complexity index is 583. The van der Waals surface area contributed by atoms with Crippen molar-refractivity contribution in [2.75, 3.05) is 5.75 Å². The minimum absolute atomic E-state index is 0.0119. The fraction of sp³-hybridized carbons (Fsp3) is 0.154. The van der Waals surface area contributed by atoms with E-state index in [9.17, 15) is 4.79 Å². The molecular formula is C13H11BrOS3. The summed E-state index contributed by atoms with van der Waals surface area (Å²) in [5, 5.41) is 0. The zero-order valence-electron chi connectivity index (χ0n) is 9.73. The summed E-state index contributed by atoms with van der Waals surface area (Å²) >= 11 is 8.39. The first kappa shape index (κ1) is 14.1. The quantitative estimate of drug-likeness (QED) is 0.386. The number of carbonyl (C=O) groups is 1. The van der Waals surface area contributed by atoms with Crippen LogP contribution in [0.2, 0.25) is 0 Å². The molecule has 0 aliphatic heterocycles. The number of rotatable bonds is 5. The third-order valence-corrected chi connectivity index (χ3v) is 6.24. The minimum atomic E-state index is 0.0119. The minimum Gasteiger partial charge on any atom is -0.288 e. The van der Waals surface area contributed by atoms with Gasteiger partial charge in [0.2, 0.25) is 0 Å². The molecule has 0 saturated carbocycles. The summed E-state index contributed by atoms with van der Waals surface area (Å²) in [6.07, 6.45) is 1.39. The molecule has 0 N–H and O–H groups in total. The van der Waals surface area contributed by atoms with Gasteiger partial charge >= 0.3 is 0 Å². The summed E-state index contributed by atoms with van der Waals surface area (Å²) in [4.78, 5) is 16.0. The molecule has 0 radical (unpaired) electrons. The first-order valence-electron chi connectivity index (χ1n) is 5.34. The Morgan fingerprint density at radius 3 is 2.78 bits per heavy atom. The van der Waals surface area contributed by atoms with Gasteiger partial charge in [0.05, 0.1) is 8.66 Å². The molecule has 0 atom stereocenters. The number of ketones is 1. The largest absolute Gasteiger partial charge is 0.288 e. The van der Waals surface area contributed by atoms with E-state index in [0.29, 0.717) is 0 Å². The lowest BCUT2D eigenvalue weighted by Gasteiger charge is -1.96. The van der Waals surface area contributed by atoms with Crippen LogP contribution in [0.15, 0.2) is 39.5 Å². The first-order valence-corrected chi connectivity index (χ1v) is 8.76. The molecule has 0 fully saturated rings. The van der Waals surface area contributed by atoms with Gasteiger partial charge in [-0.2, -0.15) is 0 Å². The van der Waals surface area contributed by atoms with Crippen LogP contribution in [0.1, 0.15) is 16.6 Å². The van der Waals surface area contributed by atoms with Gasteiger partial charge in [-0.1, -0.05) is 13.5 Å². The summed E-state index contributed by atoms with van der Waals surface area (Å²) in [6, 6.07) is 6.21. The summed E-state index contributed by atoms with van der Waals surface area (Å²) in [6.45, 7) is 5.66. The Morgan fingerprint density at radius 1 is 1.44 bits per heavy atom. The number of allylic oxidation sites excluding steroid dienone is 1. The van der Waals surface area contributed by atoms with Crippen LogP contribution in [0.25, 0.3) is 9.75 Å². The van der Waals surface area contributed by atoms with Gasteiger partial charge in [0, 0.05) is 14.6 Å². The number of hydrogen-bond donors (Lipinski definition) is 0. The van der Waals surface area contributed by atoms with Crippen LogP contribution in [-0.2, 0) is 0 Å². The van der Waals surface area contributed by atoms with Crippen molar-refractivity contribution in [3.8, 4) is 9.75 Å². The van der Waals surface area contributed by atoms with E-state index in [-0.39, 0.29) is 5.78 Å². The van der Waals surface area contributed by atoms with E-state index in [1.807, 2.05) is 6.07 Å². The third-order valence-electron chi connectivity index (χ3n) is 2.22. The predicted molar refractivity (Wildman–Crippen MR) is 86.3 cm³/mol. The number of hydrogen-bond acceptors (Lipinski definition) is 4. The van der Waals surface area contributed by atoms with Crippen molar-refractivity contribution in [1.82, 2.24) is 0 Å². The zero-order chi connectivity index (χ0) is 13.1. The van der Waals surface area contributed by atoms with Crippen LogP contribution < -0.4 is 0 Å². The highest BCUT2D eigenvalue weighted by atomic mass is 79.9. The van der Waals surface area contributed by atoms with Crippen molar-refractivity contribution in [2.24, 2.45) is 0 Å². The Labute approximate surface area is 127 Å². The Kier molecular flexibility index (Phi) is 4.84. The predicted octanol–water partition coefficient (Wildman–Crippen LogP) is 5.72. The molecule has 2 aromatic heterocycles. The molecule has 0 saturated heterocycles. The van der Waals surface area contributed by atoms with Gasteiger partial charge in [-0.05, 0) is 46.0 Å². The number of carbonyl (C=O) groups excluding carboxylic acids is 1. The van der Waals surface area contributed by atoms with Crippen LogP contribution in [0.4, 0.5) is 0 Å². The maximum atomic E-state index is 11.8. The molecule has 0 amide bonds. The standard InChI is InChI=1S/C13H11BrOS3/c1-3-8(15)13-11(16-4-2)7-10(18-13)9-5-6-12(14)17-9/h3,5-7H,1,4H2,2H3. The maximum absolute atomic E-state index is 11.8. The molecule has 0 bridgehead atoms. The number of thioether (sulfide) groups is 1. The van der Waals surface area contributed by atoms with Crippen molar-refractivity contribution >= 4 is 56.1 Å². The molecule has 94 valence electrons. The molecule has 2 heterocycles. The van der Waals surface area contributed by atoms with Gasteiger partial charge in [0.25, 0.3) is 0 Å². The third kappa shape index (κ3) is 2.96. The van der Waals surface area contributed by atoms with Crippen LogP contribution >= 0.6 is 50.4 Å².